The number of amides is 2. The first-order valence-corrected chi connectivity index (χ1v) is 14.2. The molecule has 4 aromatic rings. The van der Waals surface area contributed by atoms with Gasteiger partial charge in [-0.3, -0.25) is 19.5 Å². The molecule has 1 fully saturated rings. The summed E-state index contributed by atoms with van der Waals surface area (Å²) in [4.78, 5) is 31.4. The summed E-state index contributed by atoms with van der Waals surface area (Å²) in [6.07, 6.45) is 5.43. The van der Waals surface area contributed by atoms with Gasteiger partial charge in [0.05, 0.1) is 52.7 Å². The van der Waals surface area contributed by atoms with Crippen molar-refractivity contribution in [3.8, 4) is 12.1 Å². The van der Waals surface area contributed by atoms with Crippen LogP contribution in [0.15, 0.2) is 42.7 Å². The Balaban J connectivity index is 1.50. The predicted molar refractivity (Wildman–Crippen MR) is 160 cm³/mol. The lowest BCUT2D eigenvalue weighted by Crippen LogP contribution is -2.29. The third kappa shape index (κ3) is 5.26. The molecule has 216 valence electrons. The molecule has 2 amide bonds. The number of carbonyl (C=O) groups is 2. The highest BCUT2D eigenvalue weighted by molar-refractivity contribution is 6.08. The fourth-order valence-electron chi connectivity index (χ4n) is 5.40. The molecule has 2 aliphatic rings. The van der Waals surface area contributed by atoms with Gasteiger partial charge in [-0.15, -0.1) is 5.10 Å². The Bertz CT molecular complexity index is 1870. The molecule has 0 spiro atoms. The molecular weight excluding hydrogens is 542 g/mol. The Morgan fingerprint density at radius 2 is 1.93 bits per heavy atom. The fraction of sp³-hybridized carbons (Fsp3) is 0.344. The third-order valence-corrected chi connectivity index (χ3v) is 7.73. The fourth-order valence-corrected chi connectivity index (χ4v) is 5.40. The van der Waals surface area contributed by atoms with Crippen molar-refractivity contribution in [3.63, 3.8) is 0 Å². The van der Waals surface area contributed by atoms with Crippen LogP contribution in [0.2, 0.25) is 0 Å². The molecule has 11 nitrogen and oxygen atoms in total. The van der Waals surface area contributed by atoms with Gasteiger partial charge in [-0.25, -0.2) is 4.68 Å². The van der Waals surface area contributed by atoms with Crippen LogP contribution in [0, 0.1) is 28.1 Å². The maximum absolute atomic E-state index is 13.5. The standard InChI is InChI=1S/C32H31N9O2/c1-18(42)40-15-19-6-5-7-24(27(19)31(40)43)30(26-16-41(39-38-26)23-8-9-23)37-22-10-20(12-33)28-25(11-22)29(21(13-34)14-35-28)36-17-32(2,3)4/h5-7,10-11,14,16,23,30,37H,8-9,15,17H2,1-4H3,(H,35,36)/t30-/m0/s1. The normalized spacial score (nSPS) is 15.1. The maximum atomic E-state index is 13.5. The number of carbonyl (C=O) groups excluding carboxylic acids is 2. The van der Waals surface area contributed by atoms with Crippen LogP contribution in [0.3, 0.4) is 0 Å². The molecule has 2 N–H and O–H groups in total. The molecular formula is C32H31N9O2. The Morgan fingerprint density at radius 3 is 2.60 bits per heavy atom. The van der Waals surface area contributed by atoms with Crippen LogP contribution in [0.5, 0.6) is 0 Å². The van der Waals surface area contributed by atoms with E-state index in [1.54, 1.807) is 6.07 Å². The van der Waals surface area contributed by atoms with Crippen LogP contribution in [-0.2, 0) is 11.3 Å². The Kier molecular flexibility index (Phi) is 6.82. The van der Waals surface area contributed by atoms with E-state index in [0.29, 0.717) is 62.8 Å². The average molecular weight is 574 g/mol. The van der Waals surface area contributed by atoms with Crippen molar-refractivity contribution in [2.45, 2.75) is 59.2 Å². The largest absolute Gasteiger partial charge is 0.383 e. The number of anilines is 2. The molecule has 3 heterocycles. The summed E-state index contributed by atoms with van der Waals surface area (Å²) in [7, 11) is 0. The minimum absolute atomic E-state index is 0.0668. The van der Waals surface area contributed by atoms with Gasteiger partial charge in [0, 0.05) is 30.7 Å². The summed E-state index contributed by atoms with van der Waals surface area (Å²) in [6, 6.07) is 13.3. The number of nitriles is 2. The second-order valence-corrected chi connectivity index (χ2v) is 12.3. The highest BCUT2D eigenvalue weighted by Crippen LogP contribution is 2.39. The molecule has 11 heteroatoms. The lowest BCUT2D eigenvalue weighted by atomic mass is 9.94. The van der Waals surface area contributed by atoms with E-state index in [9.17, 15) is 20.1 Å². The molecule has 0 radical (unpaired) electrons. The van der Waals surface area contributed by atoms with Crippen molar-refractivity contribution in [2.75, 3.05) is 17.2 Å². The van der Waals surface area contributed by atoms with Crippen LogP contribution < -0.4 is 10.6 Å². The van der Waals surface area contributed by atoms with Gasteiger partial charge in [0.1, 0.15) is 17.8 Å². The van der Waals surface area contributed by atoms with Crippen molar-refractivity contribution in [3.05, 3.63) is 76.2 Å². The van der Waals surface area contributed by atoms with E-state index in [-0.39, 0.29) is 23.8 Å². The minimum atomic E-state index is -0.625. The number of imide groups is 1. The zero-order valence-corrected chi connectivity index (χ0v) is 24.5. The van der Waals surface area contributed by atoms with Crippen LogP contribution in [0.4, 0.5) is 11.4 Å². The van der Waals surface area contributed by atoms with Crippen LogP contribution >= 0.6 is 0 Å². The predicted octanol–water partition coefficient (Wildman–Crippen LogP) is 5.07. The van der Waals surface area contributed by atoms with Crippen LogP contribution in [0.25, 0.3) is 10.9 Å². The van der Waals surface area contributed by atoms with Crippen molar-refractivity contribution >= 4 is 34.1 Å². The minimum Gasteiger partial charge on any atom is -0.383 e. The van der Waals surface area contributed by atoms with Crippen molar-refractivity contribution in [1.29, 1.82) is 10.5 Å². The van der Waals surface area contributed by atoms with Gasteiger partial charge in [0.25, 0.3) is 5.91 Å². The summed E-state index contributed by atoms with van der Waals surface area (Å²) in [6.45, 7) is 8.46. The molecule has 1 atom stereocenters. The molecule has 6 rings (SSSR count). The second-order valence-electron chi connectivity index (χ2n) is 12.3. The first-order valence-electron chi connectivity index (χ1n) is 14.2. The molecule has 1 aliphatic carbocycles. The van der Waals surface area contributed by atoms with E-state index in [1.807, 2.05) is 35.1 Å². The summed E-state index contributed by atoms with van der Waals surface area (Å²) in [5.41, 5.74) is 4.77. The monoisotopic (exact) mass is 573 g/mol. The van der Waals surface area contributed by atoms with Gasteiger partial charge in [-0.1, -0.05) is 44.2 Å². The smallest absolute Gasteiger partial charge is 0.261 e. The van der Waals surface area contributed by atoms with E-state index in [0.717, 1.165) is 18.4 Å². The zero-order valence-electron chi connectivity index (χ0n) is 24.5. The average Bonchev–Trinajstić information content (AvgIpc) is 3.61. The van der Waals surface area contributed by atoms with E-state index in [4.69, 9.17) is 0 Å². The van der Waals surface area contributed by atoms with E-state index < -0.39 is 6.04 Å². The number of hydrogen-bond donors (Lipinski definition) is 2. The van der Waals surface area contributed by atoms with Gasteiger partial charge >= 0.3 is 0 Å². The number of hydrogen-bond acceptors (Lipinski definition) is 9. The maximum Gasteiger partial charge on any atom is 0.261 e. The number of fused-ring (bicyclic) bond motifs is 2. The Hall–Kier alpha value is -5.29. The van der Waals surface area contributed by atoms with Gasteiger partial charge in [0.2, 0.25) is 5.91 Å². The van der Waals surface area contributed by atoms with Gasteiger partial charge in [0.15, 0.2) is 0 Å². The number of benzene rings is 2. The number of nitrogens with zero attached hydrogens (tertiary/aromatic N) is 7. The van der Waals surface area contributed by atoms with Gasteiger partial charge in [-0.2, -0.15) is 10.5 Å². The Labute approximate surface area is 249 Å². The SMILES string of the molecule is CC(=O)N1Cc2cccc([C@H](Nc3cc(C#N)c4ncc(C#N)c(NCC(C)(C)C)c4c3)c3cn(C4CC4)nn3)c2C1=O. The summed E-state index contributed by atoms with van der Waals surface area (Å²) >= 11 is 0. The first kappa shape index (κ1) is 27.9. The lowest BCUT2D eigenvalue weighted by molar-refractivity contribution is -0.126. The van der Waals surface area contributed by atoms with Crippen LogP contribution in [-0.4, -0.2) is 43.2 Å². The number of pyridine rings is 1. The quantitative estimate of drug-likeness (QED) is 0.309. The number of aromatic nitrogens is 4. The molecule has 0 saturated heterocycles. The van der Waals surface area contributed by atoms with Crippen LogP contribution in [0.1, 0.15) is 90.9 Å². The third-order valence-electron chi connectivity index (χ3n) is 7.73. The Morgan fingerprint density at radius 1 is 1.16 bits per heavy atom. The van der Waals surface area contributed by atoms with Crippen molar-refractivity contribution in [2.24, 2.45) is 5.41 Å². The highest BCUT2D eigenvalue weighted by atomic mass is 16.2. The molecule has 1 aliphatic heterocycles. The highest BCUT2D eigenvalue weighted by Gasteiger charge is 2.36. The topological polar surface area (TPSA) is 153 Å². The lowest BCUT2D eigenvalue weighted by Gasteiger charge is -2.23. The van der Waals surface area contributed by atoms with Crippen molar-refractivity contribution < 1.29 is 9.59 Å². The van der Waals surface area contributed by atoms with E-state index in [2.05, 4.69) is 58.8 Å². The molecule has 0 bridgehead atoms. The zero-order chi connectivity index (χ0) is 30.5. The van der Waals surface area contributed by atoms with Gasteiger partial charge < -0.3 is 10.6 Å². The molecule has 1 saturated carbocycles. The number of rotatable bonds is 7. The first-order chi connectivity index (χ1) is 20.6. The van der Waals surface area contributed by atoms with Gasteiger partial charge in [-0.05, 0) is 41.5 Å². The summed E-state index contributed by atoms with van der Waals surface area (Å²) in [5.74, 6) is -0.673. The summed E-state index contributed by atoms with van der Waals surface area (Å²) in [5, 5.41) is 36.4. The summed E-state index contributed by atoms with van der Waals surface area (Å²) < 4.78 is 1.84. The van der Waals surface area contributed by atoms with E-state index >= 15 is 0 Å². The second kappa shape index (κ2) is 10.5. The molecule has 2 aromatic carbocycles. The van der Waals surface area contributed by atoms with E-state index in [1.165, 1.54) is 18.0 Å². The molecule has 0 unspecified atom stereocenters. The molecule has 43 heavy (non-hydrogen) atoms. The molecule has 2 aromatic heterocycles. The van der Waals surface area contributed by atoms with Crippen molar-refractivity contribution in [1.82, 2.24) is 24.9 Å². The number of nitrogens with one attached hydrogen (secondary N) is 2.